The standard InChI is InChI=1S/C11H18N2O2S/c1-3-10(12)8-13-16(14,15)11-7-5-4-6-9(11)2/h4-7,10,13H,3,8,12H2,1-2H3. The van der Waals surface area contributed by atoms with Gasteiger partial charge in [0, 0.05) is 12.6 Å². The van der Waals surface area contributed by atoms with Crippen LogP contribution in [0.15, 0.2) is 29.2 Å². The number of hydrogen-bond donors (Lipinski definition) is 2. The average Bonchev–Trinajstić information content (AvgIpc) is 2.26. The molecule has 0 radical (unpaired) electrons. The molecule has 0 aliphatic heterocycles. The number of benzene rings is 1. The van der Waals surface area contributed by atoms with Gasteiger partial charge in [0.15, 0.2) is 0 Å². The summed E-state index contributed by atoms with van der Waals surface area (Å²) < 4.78 is 26.3. The Balaban J connectivity index is 2.83. The van der Waals surface area contributed by atoms with Gasteiger partial charge in [-0.1, -0.05) is 25.1 Å². The van der Waals surface area contributed by atoms with Gasteiger partial charge in [-0.25, -0.2) is 13.1 Å². The summed E-state index contributed by atoms with van der Waals surface area (Å²) in [4.78, 5) is 0.318. The van der Waals surface area contributed by atoms with Crippen molar-refractivity contribution >= 4 is 10.0 Å². The van der Waals surface area contributed by atoms with Crippen molar-refractivity contribution in [3.05, 3.63) is 29.8 Å². The third kappa shape index (κ3) is 3.30. The average molecular weight is 242 g/mol. The van der Waals surface area contributed by atoms with Crippen LogP contribution in [0.4, 0.5) is 0 Å². The first-order valence-corrected chi connectivity index (χ1v) is 6.76. The maximum atomic E-state index is 11.9. The van der Waals surface area contributed by atoms with Gasteiger partial charge in [-0.3, -0.25) is 0 Å². The van der Waals surface area contributed by atoms with Crippen LogP contribution in [0.2, 0.25) is 0 Å². The molecule has 0 bridgehead atoms. The van der Waals surface area contributed by atoms with Crippen LogP contribution in [0.3, 0.4) is 0 Å². The van der Waals surface area contributed by atoms with Gasteiger partial charge in [0.25, 0.3) is 0 Å². The second-order valence-electron chi connectivity index (χ2n) is 3.79. The molecule has 0 aliphatic rings. The van der Waals surface area contributed by atoms with Gasteiger partial charge in [0.1, 0.15) is 0 Å². The van der Waals surface area contributed by atoms with E-state index in [0.717, 1.165) is 12.0 Å². The van der Waals surface area contributed by atoms with E-state index >= 15 is 0 Å². The smallest absolute Gasteiger partial charge is 0.240 e. The normalized spacial score (nSPS) is 13.7. The van der Waals surface area contributed by atoms with Crippen molar-refractivity contribution in [3.8, 4) is 0 Å². The van der Waals surface area contributed by atoms with E-state index < -0.39 is 10.0 Å². The third-order valence-corrected chi connectivity index (χ3v) is 4.03. The molecule has 0 heterocycles. The van der Waals surface area contributed by atoms with Crippen LogP contribution in [-0.2, 0) is 10.0 Å². The maximum Gasteiger partial charge on any atom is 0.240 e. The Morgan fingerprint density at radius 3 is 2.56 bits per heavy atom. The number of nitrogens with one attached hydrogen (secondary N) is 1. The fourth-order valence-electron chi connectivity index (χ4n) is 1.30. The lowest BCUT2D eigenvalue weighted by atomic mass is 10.2. The van der Waals surface area contributed by atoms with Gasteiger partial charge >= 0.3 is 0 Å². The van der Waals surface area contributed by atoms with Crippen molar-refractivity contribution in [2.75, 3.05) is 6.54 Å². The first-order valence-electron chi connectivity index (χ1n) is 5.28. The Morgan fingerprint density at radius 1 is 1.38 bits per heavy atom. The lowest BCUT2D eigenvalue weighted by Gasteiger charge is -2.12. The maximum absolute atomic E-state index is 11.9. The number of nitrogens with two attached hydrogens (primary N) is 1. The number of aryl methyl sites for hydroxylation is 1. The highest BCUT2D eigenvalue weighted by atomic mass is 32.2. The predicted molar refractivity (Wildman–Crippen MR) is 64.6 cm³/mol. The van der Waals surface area contributed by atoms with Crippen LogP contribution in [0.25, 0.3) is 0 Å². The van der Waals surface area contributed by atoms with E-state index in [0.29, 0.717) is 4.90 Å². The van der Waals surface area contributed by atoms with Crippen LogP contribution >= 0.6 is 0 Å². The fourth-order valence-corrected chi connectivity index (χ4v) is 2.64. The molecule has 1 aromatic rings. The molecule has 0 fully saturated rings. The van der Waals surface area contributed by atoms with Crippen molar-refractivity contribution in [2.24, 2.45) is 5.73 Å². The van der Waals surface area contributed by atoms with Gasteiger partial charge in [-0.15, -0.1) is 0 Å². The Labute approximate surface area is 96.9 Å². The van der Waals surface area contributed by atoms with Gasteiger partial charge < -0.3 is 5.73 Å². The van der Waals surface area contributed by atoms with E-state index in [1.807, 2.05) is 13.0 Å². The van der Waals surface area contributed by atoms with Crippen molar-refractivity contribution < 1.29 is 8.42 Å². The molecule has 0 amide bonds. The quantitative estimate of drug-likeness (QED) is 0.809. The molecule has 0 saturated heterocycles. The number of sulfonamides is 1. The van der Waals surface area contributed by atoms with Gasteiger partial charge in [-0.05, 0) is 25.0 Å². The van der Waals surface area contributed by atoms with E-state index in [9.17, 15) is 8.42 Å². The molecule has 5 heteroatoms. The Bertz CT molecular complexity index is 443. The summed E-state index contributed by atoms with van der Waals surface area (Å²) in [6, 6.07) is 6.75. The zero-order chi connectivity index (χ0) is 12.2. The third-order valence-electron chi connectivity index (χ3n) is 2.44. The van der Waals surface area contributed by atoms with Crippen molar-refractivity contribution in [1.82, 2.24) is 4.72 Å². The monoisotopic (exact) mass is 242 g/mol. The molecule has 0 aromatic heterocycles. The molecule has 90 valence electrons. The highest BCUT2D eigenvalue weighted by Crippen LogP contribution is 2.13. The van der Waals surface area contributed by atoms with Crippen LogP contribution < -0.4 is 10.5 Å². The van der Waals surface area contributed by atoms with E-state index in [2.05, 4.69) is 4.72 Å². The minimum Gasteiger partial charge on any atom is -0.327 e. The summed E-state index contributed by atoms with van der Waals surface area (Å²) in [7, 11) is -3.43. The minimum atomic E-state index is -3.43. The van der Waals surface area contributed by atoms with Crippen LogP contribution in [-0.4, -0.2) is 21.0 Å². The lowest BCUT2D eigenvalue weighted by molar-refractivity contribution is 0.563. The molecule has 3 N–H and O–H groups in total. The zero-order valence-corrected chi connectivity index (χ0v) is 10.4. The molecular formula is C11H18N2O2S. The highest BCUT2D eigenvalue weighted by Gasteiger charge is 2.16. The Morgan fingerprint density at radius 2 is 2.00 bits per heavy atom. The number of rotatable bonds is 5. The SMILES string of the molecule is CCC(N)CNS(=O)(=O)c1ccccc1C. The predicted octanol–water partition coefficient (Wildman–Crippen LogP) is 1.01. The molecule has 1 atom stereocenters. The summed E-state index contributed by atoms with van der Waals surface area (Å²) in [5.74, 6) is 0. The van der Waals surface area contributed by atoms with E-state index in [1.54, 1.807) is 25.1 Å². The van der Waals surface area contributed by atoms with E-state index in [1.165, 1.54) is 0 Å². The largest absolute Gasteiger partial charge is 0.327 e. The van der Waals surface area contributed by atoms with Crippen LogP contribution in [0.5, 0.6) is 0 Å². The topological polar surface area (TPSA) is 72.2 Å². The summed E-state index contributed by atoms with van der Waals surface area (Å²) in [6.07, 6.45) is 0.746. The molecule has 0 aliphatic carbocycles. The molecule has 1 unspecified atom stereocenters. The van der Waals surface area contributed by atoms with Crippen molar-refractivity contribution in [1.29, 1.82) is 0 Å². The van der Waals surface area contributed by atoms with E-state index in [-0.39, 0.29) is 12.6 Å². The molecule has 1 rings (SSSR count). The molecular weight excluding hydrogens is 224 g/mol. The second-order valence-corrected chi connectivity index (χ2v) is 5.52. The Hall–Kier alpha value is -0.910. The Kier molecular flexibility index (Phi) is 4.46. The summed E-state index contributed by atoms with van der Waals surface area (Å²) in [5.41, 5.74) is 6.41. The summed E-state index contributed by atoms with van der Waals surface area (Å²) >= 11 is 0. The minimum absolute atomic E-state index is 0.140. The van der Waals surface area contributed by atoms with Crippen LogP contribution in [0, 0.1) is 6.92 Å². The molecule has 0 saturated carbocycles. The fraction of sp³-hybridized carbons (Fsp3) is 0.455. The molecule has 0 spiro atoms. The number of hydrogen-bond acceptors (Lipinski definition) is 3. The van der Waals surface area contributed by atoms with Gasteiger partial charge in [0.05, 0.1) is 4.90 Å². The first-order chi connectivity index (χ1) is 7.47. The van der Waals surface area contributed by atoms with Crippen molar-refractivity contribution in [2.45, 2.75) is 31.2 Å². The highest BCUT2D eigenvalue weighted by molar-refractivity contribution is 7.89. The lowest BCUT2D eigenvalue weighted by Crippen LogP contribution is -2.36. The molecule has 4 nitrogen and oxygen atoms in total. The molecule has 16 heavy (non-hydrogen) atoms. The zero-order valence-electron chi connectivity index (χ0n) is 9.60. The second kappa shape index (κ2) is 5.43. The van der Waals surface area contributed by atoms with Gasteiger partial charge in [-0.2, -0.15) is 0 Å². The summed E-state index contributed by atoms with van der Waals surface area (Å²) in [6.45, 7) is 3.97. The molecule has 1 aromatic carbocycles. The van der Waals surface area contributed by atoms with E-state index in [4.69, 9.17) is 5.73 Å². The van der Waals surface area contributed by atoms with Crippen LogP contribution in [0.1, 0.15) is 18.9 Å². The summed E-state index contributed by atoms with van der Waals surface area (Å²) in [5, 5.41) is 0. The first kappa shape index (κ1) is 13.2. The van der Waals surface area contributed by atoms with Crippen molar-refractivity contribution in [3.63, 3.8) is 0 Å². The van der Waals surface area contributed by atoms with Gasteiger partial charge in [0.2, 0.25) is 10.0 Å².